The minimum Gasteiger partial charge on any atom is -0.484 e. The third-order valence-electron chi connectivity index (χ3n) is 4.48. The number of hydrogen-bond donors (Lipinski definition) is 1. The third kappa shape index (κ3) is 6.19. The monoisotopic (exact) mass is 444 g/mol. The van der Waals surface area contributed by atoms with Crippen LogP contribution in [0.3, 0.4) is 0 Å². The maximum absolute atomic E-state index is 12.9. The van der Waals surface area contributed by atoms with Gasteiger partial charge in [0.15, 0.2) is 6.61 Å². The molecule has 0 spiro atoms. The van der Waals surface area contributed by atoms with Gasteiger partial charge in [-0.2, -0.15) is 0 Å². The molecule has 4 rings (SSSR count). The SMILES string of the molecule is O=C(CSc1nnc(COc2ccc(F)cc2)o1)Nc1ccc(N2CCOCC2)cc1. The van der Waals surface area contributed by atoms with E-state index >= 15 is 0 Å². The van der Waals surface area contributed by atoms with E-state index in [1.54, 1.807) is 0 Å². The number of amides is 1. The Bertz CT molecular complexity index is 991. The molecule has 1 aliphatic heterocycles. The van der Waals surface area contributed by atoms with E-state index in [1.165, 1.54) is 24.3 Å². The average Bonchev–Trinajstić information content (AvgIpc) is 3.26. The van der Waals surface area contributed by atoms with E-state index in [2.05, 4.69) is 20.4 Å². The van der Waals surface area contributed by atoms with Crippen molar-refractivity contribution in [1.29, 1.82) is 0 Å². The molecule has 2 aromatic carbocycles. The molecule has 1 fully saturated rings. The molecule has 2 heterocycles. The van der Waals surface area contributed by atoms with Gasteiger partial charge in [0.1, 0.15) is 11.6 Å². The standard InChI is InChI=1S/C21H21FN4O4S/c22-15-1-7-18(8-2-15)29-13-20-24-25-21(30-20)31-14-19(27)23-16-3-5-17(6-4-16)26-9-11-28-12-10-26/h1-8H,9-14H2,(H,23,27). The van der Waals surface area contributed by atoms with Gasteiger partial charge in [0.05, 0.1) is 19.0 Å². The second-order valence-electron chi connectivity index (χ2n) is 6.69. The second kappa shape index (κ2) is 10.3. The molecule has 1 aliphatic rings. The van der Waals surface area contributed by atoms with Gasteiger partial charge in [0, 0.05) is 24.5 Å². The lowest BCUT2D eigenvalue weighted by atomic mass is 10.2. The van der Waals surface area contributed by atoms with Crippen LogP contribution in [0.15, 0.2) is 58.2 Å². The highest BCUT2D eigenvalue weighted by Crippen LogP contribution is 2.21. The summed E-state index contributed by atoms with van der Waals surface area (Å²) in [7, 11) is 0. The summed E-state index contributed by atoms with van der Waals surface area (Å²) in [5, 5.41) is 10.9. The molecule has 0 unspecified atom stereocenters. The molecule has 10 heteroatoms. The molecule has 1 N–H and O–H groups in total. The van der Waals surface area contributed by atoms with Crippen molar-refractivity contribution in [3.05, 3.63) is 60.2 Å². The van der Waals surface area contributed by atoms with Crippen LogP contribution in [0, 0.1) is 5.82 Å². The lowest BCUT2D eigenvalue weighted by Gasteiger charge is -2.28. The molecule has 1 amide bonds. The second-order valence-corrected chi connectivity index (χ2v) is 7.61. The summed E-state index contributed by atoms with van der Waals surface area (Å²) in [6.45, 7) is 3.24. The summed E-state index contributed by atoms with van der Waals surface area (Å²) in [5.41, 5.74) is 1.83. The summed E-state index contributed by atoms with van der Waals surface area (Å²) >= 11 is 1.14. The van der Waals surface area contributed by atoms with Crippen LogP contribution >= 0.6 is 11.8 Å². The van der Waals surface area contributed by atoms with E-state index in [4.69, 9.17) is 13.9 Å². The zero-order valence-corrected chi connectivity index (χ0v) is 17.4. The molecule has 8 nitrogen and oxygen atoms in total. The van der Waals surface area contributed by atoms with Gasteiger partial charge in [0.2, 0.25) is 5.91 Å². The zero-order valence-electron chi connectivity index (χ0n) is 16.6. The van der Waals surface area contributed by atoms with Crippen LogP contribution in [0.25, 0.3) is 0 Å². The first-order valence-electron chi connectivity index (χ1n) is 9.72. The third-order valence-corrected chi connectivity index (χ3v) is 5.30. The Kier molecular flexibility index (Phi) is 7.00. The average molecular weight is 444 g/mol. The Morgan fingerprint density at radius 2 is 1.84 bits per heavy atom. The molecule has 0 saturated carbocycles. The van der Waals surface area contributed by atoms with Crippen LogP contribution in [0.2, 0.25) is 0 Å². The number of thioether (sulfide) groups is 1. The normalized spacial score (nSPS) is 13.8. The molecule has 1 saturated heterocycles. The van der Waals surface area contributed by atoms with Gasteiger partial charge in [-0.05, 0) is 48.5 Å². The van der Waals surface area contributed by atoms with Gasteiger partial charge in [-0.1, -0.05) is 11.8 Å². The smallest absolute Gasteiger partial charge is 0.277 e. The topological polar surface area (TPSA) is 89.7 Å². The van der Waals surface area contributed by atoms with Crippen molar-refractivity contribution in [1.82, 2.24) is 10.2 Å². The van der Waals surface area contributed by atoms with Gasteiger partial charge >= 0.3 is 0 Å². The van der Waals surface area contributed by atoms with E-state index in [0.717, 1.165) is 49.4 Å². The van der Waals surface area contributed by atoms with Crippen LogP contribution in [0.1, 0.15) is 5.89 Å². The van der Waals surface area contributed by atoms with Crippen LogP contribution in [0.5, 0.6) is 5.75 Å². The Morgan fingerprint density at radius 3 is 2.58 bits per heavy atom. The van der Waals surface area contributed by atoms with E-state index in [0.29, 0.717) is 5.75 Å². The van der Waals surface area contributed by atoms with Crippen molar-refractivity contribution in [2.75, 3.05) is 42.3 Å². The Hall–Kier alpha value is -3.11. The van der Waals surface area contributed by atoms with E-state index in [-0.39, 0.29) is 35.2 Å². The zero-order chi connectivity index (χ0) is 21.5. The van der Waals surface area contributed by atoms with Crippen molar-refractivity contribution in [2.45, 2.75) is 11.8 Å². The van der Waals surface area contributed by atoms with Crippen molar-refractivity contribution in [2.24, 2.45) is 0 Å². The molecule has 0 aliphatic carbocycles. The Labute approximate surface area is 182 Å². The van der Waals surface area contributed by atoms with Crippen LogP contribution < -0.4 is 15.0 Å². The number of rotatable bonds is 8. The minimum absolute atomic E-state index is 0.0564. The van der Waals surface area contributed by atoms with Gasteiger partial charge in [-0.25, -0.2) is 4.39 Å². The number of aromatic nitrogens is 2. The molecule has 3 aromatic rings. The predicted octanol–water partition coefficient (Wildman–Crippen LogP) is 3.36. The fourth-order valence-electron chi connectivity index (χ4n) is 2.93. The van der Waals surface area contributed by atoms with Crippen molar-refractivity contribution >= 4 is 29.0 Å². The number of hydrogen-bond acceptors (Lipinski definition) is 8. The first-order chi connectivity index (χ1) is 15.2. The number of morpholine rings is 1. The molecule has 0 radical (unpaired) electrons. The Morgan fingerprint density at radius 1 is 1.10 bits per heavy atom. The maximum Gasteiger partial charge on any atom is 0.277 e. The number of nitrogens with zero attached hydrogens (tertiary/aromatic N) is 3. The molecular weight excluding hydrogens is 423 g/mol. The summed E-state index contributed by atoms with van der Waals surface area (Å²) in [4.78, 5) is 14.5. The first kappa shape index (κ1) is 21.1. The molecule has 0 bridgehead atoms. The Balaban J connectivity index is 1.21. The first-order valence-corrected chi connectivity index (χ1v) is 10.7. The van der Waals surface area contributed by atoms with Gasteiger partial charge in [-0.3, -0.25) is 4.79 Å². The fourth-order valence-corrected chi connectivity index (χ4v) is 3.51. The van der Waals surface area contributed by atoms with E-state index in [9.17, 15) is 9.18 Å². The maximum atomic E-state index is 12.9. The van der Waals surface area contributed by atoms with Crippen molar-refractivity contribution in [3.8, 4) is 5.75 Å². The molecule has 0 atom stereocenters. The summed E-state index contributed by atoms with van der Waals surface area (Å²) < 4.78 is 29.2. The summed E-state index contributed by atoms with van der Waals surface area (Å²) in [5.74, 6) is 0.381. The van der Waals surface area contributed by atoms with Gasteiger partial charge in [-0.15, -0.1) is 10.2 Å². The van der Waals surface area contributed by atoms with E-state index in [1.807, 2.05) is 24.3 Å². The quantitative estimate of drug-likeness (QED) is 0.529. The summed E-state index contributed by atoms with van der Waals surface area (Å²) in [6.07, 6.45) is 0. The molecule has 31 heavy (non-hydrogen) atoms. The highest BCUT2D eigenvalue weighted by molar-refractivity contribution is 7.99. The van der Waals surface area contributed by atoms with Gasteiger partial charge < -0.3 is 24.1 Å². The number of anilines is 2. The van der Waals surface area contributed by atoms with Crippen LogP contribution in [0.4, 0.5) is 15.8 Å². The summed E-state index contributed by atoms with van der Waals surface area (Å²) in [6, 6.07) is 13.4. The predicted molar refractivity (Wildman–Crippen MR) is 114 cm³/mol. The number of halogens is 1. The number of carbonyl (C=O) groups is 1. The fraction of sp³-hybridized carbons (Fsp3) is 0.286. The largest absolute Gasteiger partial charge is 0.484 e. The lowest BCUT2D eigenvalue weighted by molar-refractivity contribution is -0.113. The van der Waals surface area contributed by atoms with Gasteiger partial charge in [0.25, 0.3) is 11.1 Å². The highest BCUT2D eigenvalue weighted by atomic mass is 32.2. The number of ether oxygens (including phenoxy) is 2. The van der Waals surface area contributed by atoms with E-state index < -0.39 is 0 Å². The molecule has 162 valence electrons. The minimum atomic E-state index is -0.338. The number of nitrogens with one attached hydrogen (secondary N) is 1. The van der Waals surface area contributed by atoms with Crippen molar-refractivity contribution < 1.29 is 23.1 Å². The highest BCUT2D eigenvalue weighted by Gasteiger charge is 2.13. The lowest BCUT2D eigenvalue weighted by Crippen LogP contribution is -2.36. The molecular formula is C21H21FN4O4S. The number of benzene rings is 2. The van der Waals surface area contributed by atoms with Crippen molar-refractivity contribution in [3.63, 3.8) is 0 Å². The van der Waals surface area contributed by atoms with Crippen LogP contribution in [-0.4, -0.2) is 48.2 Å². The molecule has 1 aromatic heterocycles. The van der Waals surface area contributed by atoms with Crippen LogP contribution in [-0.2, 0) is 16.1 Å². The number of carbonyl (C=O) groups excluding carboxylic acids is 1.